The van der Waals surface area contributed by atoms with E-state index in [4.69, 9.17) is 9.84 Å². The molecule has 3 aromatic heterocycles. The number of fused-ring (bicyclic) bond motifs is 1. The number of hydrogen-bond donors (Lipinski definition) is 2. The van der Waals surface area contributed by atoms with Gasteiger partial charge < -0.3 is 19.4 Å². The number of ether oxygens (including phenoxy) is 1. The zero-order valence-electron chi connectivity index (χ0n) is 17.1. The Morgan fingerprint density at radius 3 is 2.75 bits per heavy atom. The molecule has 3 heterocycles. The van der Waals surface area contributed by atoms with Crippen LogP contribution in [0, 0.1) is 0 Å². The molecule has 32 heavy (non-hydrogen) atoms. The van der Waals surface area contributed by atoms with Crippen molar-refractivity contribution in [2.45, 2.75) is 13.0 Å². The second-order valence-electron chi connectivity index (χ2n) is 7.47. The fourth-order valence-corrected chi connectivity index (χ4v) is 3.55. The summed E-state index contributed by atoms with van der Waals surface area (Å²) >= 11 is 0. The molecule has 0 unspecified atom stereocenters. The molecule has 5 aromatic rings. The van der Waals surface area contributed by atoms with Crippen molar-refractivity contribution in [3.05, 3.63) is 96.6 Å². The number of carboxylic acid groups (broad SMARTS) is 1. The summed E-state index contributed by atoms with van der Waals surface area (Å²) in [5.74, 6) is 0.544. The van der Waals surface area contributed by atoms with Crippen LogP contribution in [0.25, 0.3) is 28.1 Å². The van der Waals surface area contributed by atoms with Gasteiger partial charge in [-0.05, 0) is 41.5 Å². The highest BCUT2D eigenvalue weighted by atomic mass is 16.5. The van der Waals surface area contributed by atoms with Gasteiger partial charge in [0.2, 0.25) is 0 Å². The zero-order valence-corrected chi connectivity index (χ0v) is 17.1. The lowest BCUT2D eigenvalue weighted by Crippen LogP contribution is -2.00. The molecule has 0 saturated heterocycles. The van der Waals surface area contributed by atoms with Gasteiger partial charge in [0.1, 0.15) is 18.1 Å². The van der Waals surface area contributed by atoms with E-state index in [1.165, 1.54) is 0 Å². The molecule has 0 saturated carbocycles. The van der Waals surface area contributed by atoms with E-state index in [9.17, 15) is 4.79 Å². The van der Waals surface area contributed by atoms with Gasteiger partial charge in [0.15, 0.2) is 5.82 Å². The topological polar surface area (TPSA) is 93.0 Å². The molecule has 0 atom stereocenters. The minimum Gasteiger partial charge on any atom is -0.489 e. The van der Waals surface area contributed by atoms with Crippen molar-refractivity contribution in [1.29, 1.82) is 0 Å². The number of aliphatic carboxylic acids is 1. The molecule has 0 radical (unpaired) electrons. The molecule has 0 aliphatic carbocycles. The maximum absolute atomic E-state index is 10.9. The monoisotopic (exact) mass is 424 g/mol. The van der Waals surface area contributed by atoms with Crippen LogP contribution in [0.2, 0.25) is 0 Å². The molecule has 2 aromatic carbocycles. The minimum atomic E-state index is -0.868. The van der Waals surface area contributed by atoms with Gasteiger partial charge in [-0.2, -0.15) is 0 Å². The van der Waals surface area contributed by atoms with Crippen LogP contribution in [-0.4, -0.2) is 30.6 Å². The predicted molar refractivity (Wildman–Crippen MR) is 121 cm³/mol. The van der Waals surface area contributed by atoms with Crippen molar-refractivity contribution in [3.8, 4) is 23.0 Å². The number of rotatable bonds is 7. The van der Waals surface area contributed by atoms with Gasteiger partial charge in [-0.25, -0.2) is 4.98 Å². The number of H-pyrrole nitrogens is 1. The molecule has 0 bridgehead atoms. The first-order valence-corrected chi connectivity index (χ1v) is 10.1. The van der Waals surface area contributed by atoms with Gasteiger partial charge in [0.25, 0.3) is 0 Å². The summed E-state index contributed by atoms with van der Waals surface area (Å²) in [7, 11) is 0. The Morgan fingerprint density at radius 2 is 1.91 bits per heavy atom. The van der Waals surface area contributed by atoms with Crippen LogP contribution < -0.4 is 4.74 Å². The first-order valence-electron chi connectivity index (χ1n) is 10.1. The van der Waals surface area contributed by atoms with Crippen LogP contribution in [0.3, 0.4) is 0 Å². The molecule has 7 heteroatoms. The van der Waals surface area contributed by atoms with Crippen molar-refractivity contribution in [1.82, 2.24) is 19.5 Å². The van der Waals surface area contributed by atoms with E-state index in [0.29, 0.717) is 23.7 Å². The third-order valence-corrected chi connectivity index (χ3v) is 5.11. The maximum atomic E-state index is 10.9. The second kappa shape index (κ2) is 8.39. The summed E-state index contributed by atoms with van der Waals surface area (Å²) in [6.45, 7) is 0.512. The Labute approximate surface area is 184 Å². The Hall–Kier alpha value is -4.39. The smallest absolute Gasteiger partial charge is 0.307 e. The highest BCUT2D eigenvalue weighted by Gasteiger charge is 2.10. The molecule has 0 spiro atoms. The van der Waals surface area contributed by atoms with Crippen molar-refractivity contribution < 1.29 is 14.6 Å². The summed E-state index contributed by atoms with van der Waals surface area (Å²) in [4.78, 5) is 23.3. The van der Waals surface area contributed by atoms with E-state index in [-0.39, 0.29) is 6.42 Å². The minimum absolute atomic E-state index is 0.0309. The molecule has 0 amide bonds. The molecular formula is C25H20N4O3. The average Bonchev–Trinajstić information content (AvgIpc) is 3.45. The molecule has 0 aliphatic rings. The first-order chi connectivity index (χ1) is 15.6. The van der Waals surface area contributed by atoms with E-state index in [2.05, 4.69) is 15.0 Å². The van der Waals surface area contributed by atoms with Gasteiger partial charge in [0, 0.05) is 23.3 Å². The van der Waals surface area contributed by atoms with Crippen molar-refractivity contribution >= 4 is 16.9 Å². The van der Waals surface area contributed by atoms with Crippen LogP contribution in [0.15, 0.2) is 85.5 Å². The van der Waals surface area contributed by atoms with E-state index >= 15 is 0 Å². The summed E-state index contributed by atoms with van der Waals surface area (Å²) in [5, 5.41) is 9.99. The van der Waals surface area contributed by atoms with Gasteiger partial charge in [-0.3, -0.25) is 9.78 Å². The molecule has 7 nitrogen and oxygen atoms in total. The Morgan fingerprint density at radius 1 is 1.03 bits per heavy atom. The average molecular weight is 424 g/mol. The van der Waals surface area contributed by atoms with Gasteiger partial charge in [-0.1, -0.05) is 30.3 Å². The zero-order chi connectivity index (χ0) is 21.9. The van der Waals surface area contributed by atoms with Crippen LogP contribution in [0.4, 0.5) is 0 Å². The number of aromatic nitrogens is 4. The lowest BCUT2D eigenvalue weighted by molar-refractivity contribution is -0.136. The number of aromatic amines is 1. The summed E-state index contributed by atoms with van der Waals surface area (Å²) in [6.07, 6.45) is 6.85. The van der Waals surface area contributed by atoms with Crippen LogP contribution in [0.1, 0.15) is 11.1 Å². The number of nitrogens with one attached hydrogen (secondary N) is 1. The lowest BCUT2D eigenvalue weighted by atomic mass is 10.2. The quantitative estimate of drug-likeness (QED) is 0.398. The maximum Gasteiger partial charge on any atom is 0.307 e. The fourth-order valence-electron chi connectivity index (χ4n) is 3.55. The molecular weight excluding hydrogens is 404 g/mol. The van der Waals surface area contributed by atoms with E-state index in [0.717, 1.165) is 27.9 Å². The standard InChI is InChI=1S/C25H20N4O3/c30-25(31)10-18-8-9-29(15-18)24-14-26-13-23(28-24)22-12-19-11-20(6-7-21(19)27-22)32-16-17-4-2-1-3-5-17/h1-9,11-15,27H,10,16H2,(H,30,31). The van der Waals surface area contributed by atoms with Gasteiger partial charge in [-0.15, -0.1) is 0 Å². The number of nitrogens with zero attached hydrogens (tertiary/aromatic N) is 3. The Kier molecular flexibility index (Phi) is 5.13. The molecule has 0 fully saturated rings. The van der Waals surface area contributed by atoms with Gasteiger partial charge in [0.05, 0.1) is 24.5 Å². The van der Waals surface area contributed by atoms with E-state index < -0.39 is 5.97 Å². The number of carboxylic acids is 1. The third kappa shape index (κ3) is 4.22. The van der Waals surface area contributed by atoms with Crippen molar-refractivity contribution in [2.24, 2.45) is 0 Å². The van der Waals surface area contributed by atoms with Crippen LogP contribution in [-0.2, 0) is 17.8 Å². The SMILES string of the molecule is O=C(O)Cc1ccn(-c2cncc(-c3cc4cc(OCc5ccccc5)ccc4[nH]3)n2)c1. The summed E-state index contributed by atoms with van der Waals surface area (Å²) in [6, 6.07) is 19.8. The van der Waals surface area contributed by atoms with Gasteiger partial charge >= 0.3 is 5.97 Å². The number of hydrogen-bond acceptors (Lipinski definition) is 4. The molecule has 0 aliphatic heterocycles. The van der Waals surface area contributed by atoms with Crippen LogP contribution >= 0.6 is 0 Å². The molecule has 2 N–H and O–H groups in total. The number of benzene rings is 2. The first kappa shape index (κ1) is 19.6. The summed E-state index contributed by atoms with van der Waals surface area (Å²) < 4.78 is 7.71. The van der Waals surface area contributed by atoms with Crippen LogP contribution in [0.5, 0.6) is 5.75 Å². The highest BCUT2D eigenvalue weighted by molar-refractivity contribution is 5.86. The third-order valence-electron chi connectivity index (χ3n) is 5.11. The molecule has 158 valence electrons. The van der Waals surface area contributed by atoms with Crippen molar-refractivity contribution in [2.75, 3.05) is 0 Å². The fraction of sp³-hybridized carbons (Fsp3) is 0.0800. The predicted octanol–water partition coefficient (Wildman–Crippen LogP) is 4.62. The normalized spacial score (nSPS) is 11.0. The Balaban J connectivity index is 1.38. The largest absolute Gasteiger partial charge is 0.489 e. The number of carbonyl (C=O) groups is 1. The van der Waals surface area contributed by atoms with E-state index in [1.807, 2.05) is 54.6 Å². The highest BCUT2D eigenvalue weighted by Crippen LogP contribution is 2.27. The van der Waals surface area contributed by atoms with E-state index in [1.54, 1.807) is 35.4 Å². The second-order valence-corrected chi connectivity index (χ2v) is 7.47. The summed E-state index contributed by atoms with van der Waals surface area (Å²) in [5.41, 5.74) is 4.33. The lowest BCUT2D eigenvalue weighted by Gasteiger charge is -2.06. The molecule has 5 rings (SSSR count). The Bertz CT molecular complexity index is 1390. The van der Waals surface area contributed by atoms with Crippen molar-refractivity contribution in [3.63, 3.8) is 0 Å².